The van der Waals surface area contributed by atoms with Crippen LogP contribution in [0.3, 0.4) is 0 Å². The third kappa shape index (κ3) is 6.12. The summed E-state index contributed by atoms with van der Waals surface area (Å²) >= 11 is 0. The summed E-state index contributed by atoms with van der Waals surface area (Å²) in [7, 11) is 0. The van der Waals surface area contributed by atoms with Gasteiger partial charge in [0.15, 0.2) is 0 Å². The summed E-state index contributed by atoms with van der Waals surface area (Å²) in [4.78, 5) is 4.97. The van der Waals surface area contributed by atoms with Gasteiger partial charge in [-0.2, -0.15) is 0 Å². The summed E-state index contributed by atoms with van der Waals surface area (Å²) in [6, 6.07) is 59.3. The zero-order valence-electron chi connectivity index (χ0n) is 32.7. The molecule has 3 unspecified atom stereocenters. The van der Waals surface area contributed by atoms with Crippen LogP contribution in [-0.2, 0) is 6.42 Å². The van der Waals surface area contributed by atoms with Crippen molar-refractivity contribution in [3.63, 3.8) is 0 Å². The van der Waals surface area contributed by atoms with Gasteiger partial charge in [-0.25, -0.2) is 0 Å². The first-order valence-corrected chi connectivity index (χ1v) is 21.1. The average molecular weight is 747 g/mol. The quantitative estimate of drug-likeness (QED) is 0.160. The van der Waals surface area contributed by atoms with Gasteiger partial charge in [0.05, 0.1) is 6.04 Å². The van der Waals surface area contributed by atoms with Crippen molar-refractivity contribution in [1.82, 2.24) is 0 Å². The minimum absolute atomic E-state index is 0.274. The largest absolute Gasteiger partial charge is 0.333 e. The Labute approximate surface area is 342 Å². The Balaban J connectivity index is 0.902. The normalized spacial score (nSPS) is 19.1. The van der Waals surface area contributed by atoms with Gasteiger partial charge >= 0.3 is 0 Å². The first-order chi connectivity index (χ1) is 28.8. The van der Waals surface area contributed by atoms with Crippen LogP contribution in [0.2, 0.25) is 0 Å². The van der Waals surface area contributed by atoms with Crippen molar-refractivity contribution in [3.05, 3.63) is 222 Å². The molecule has 0 fully saturated rings. The second kappa shape index (κ2) is 14.7. The summed E-state index contributed by atoms with van der Waals surface area (Å²) in [5, 5.41) is 2.67. The summed E-state index contributed by atoms with van der Waals surface area (Å²) in [5.41, 5.74) is 16.9. The standard InChI is InChI=1S/C56H46N2/c1-2-12-39(13-3-1)41-22-30-46(31-23-41)57(49-36-24-40-14-4-5-16-45(40)38-49)47-32-25-43(26-33-47)50-17-8-9-18-51(50)44-27-34-48(35-28-44)58-54-21-11-10-20-53(54)56-52-19-7-6-15-42(52)29-37-55(56)58/h1-3,5-7,10-13,15-16,18-38,50,53-54H,4,8-9,14,17H2. The van der Waals surface area contributed by atoms with Crippen molar-refractivity contribution in [2.75, 3.05) is 9.80 Å². The number of allylic oxidation sites excluding steroid dienone is 5. The highest BCUT2D eigenvalue weighted by Crippen LogP contribution is 2.51. The topological polar surface area (TPSA) is 6.48 Å². The van der Waals surface area contributed by atoms with Crippen LogP contribution in [0, 0.1) is 0 Å². The molecule has 1 aliphatic heterocycles. The molecule has 4 aliphatic rings. The smallest absolute Gasteiger partial charge is 0.0629 e. The molecule has 0 saturated heterocycles. The van der Waals surface area contributed by atoms with Crippen LogP contribution in [0.4, 0.5) is 28.4 Å². The molecule has 7 aromatic rings. The molecule has 0 saturated carbocycles. The Kier molecular flexibility index (Phi) is 8.77. The second-order valence-corrected chi connectivity index (χ2v) is 16.2. The average Bonchev–Trinajstić information content (AvgIpc) is 3.65. The molecule has 0 aromatic heterocycles. The zero-order chi connectivity index (χ0) is 38.4. The van der Waals surface area contributed by atoms with Crippen molar-refractivity contribution in [1.29, 1.82) is 0 Å². The van der Waals surface area contributed by atoms with Gasteiger partial charge < -0.3 is 9.80 Å². The first-order valence-electron chi connectivity index (χ1n) is 21.1. The fourth-order valence-corrected chi connectivity index (χ4v) is 10.1. The van der Waals surface area contributed by atoms with Crippen LogP contribution in [0.25, 0.3) is 33.5 Å². The summed E-state index contributed by atoms with van der Waals surface area (Å²) in [5.74, 6) is 0.698. The molecule has 280 valence electrons. The highest BCUT2D eigenvalue weighted by atomic mass is 15.2. The van der Waals surface area contributed by atoms with Gasteiger partial charge in [-0.15, -0.1) is 0 Å². The number of rotatable bonds is 7. The van der Waals surface area contributed by atoms with E-state index in [9.17, 15) is 0 Å². The zero-order valence-corrected chi connectivity index (χ0v) is 32.7. The lowest BCUT2D eigenvalue weighted by Crippen LogP contribution is -2.28. The van der Waals surface area contributed by atoms with E-state index in [0.717, 1.165) is 31.4 Å². The Morgan fingerprint density at radius 1 is 0.586 bits per heavy atom. The van der Waals surface area contributed by atoms with Gasteiger partial charge in [0, 0.05) is 40.3 Å². The number of anilines is 5. The highest BCUT2D eigenvalue weighted by Gasteiger charge is 2.38. The molecule has 3 atom stereocenters. The molecule has 0 radical (unpaired) electrons. The maximum Gasteiger partial charge on any atom is 0.0629 e. The lowest BCUT2D eigenvalue weighted by atomic mass is 9.79. The molecule has 0 amide bonds. The molecular formula is C56H46N2. The van der Waals surface area contributed by atoms with E-state index in [2.05, 4.69) is 210 Å². The van der Waals surface area contributed by atoms with Gasteiger partial charge in [0.25, 0.3) is 0 Å². The van der Waals surface area contributed by atoms with E-state index in [4.69, 9.17) is 0 Å². The number of aryl methyl sites for hydroxylation is 1. The van der Waals surface area contributed by atoms with Crippen LogP contribution in [0.5, 0.6) is 0 Å². The molecule has 58 heavy (non-hydrogen) atoms. The van der Waals surface area contributed by atoms with Crippen LogP contribution >= 0.6 is 0 Å². The van der Waals surface area contributed by atoms with Crippen LogP contribution in [0.15, 0.2) is 194 Å². The predicted molar refractivity (Wildman–Crippen MR) is 246 cm³/mol. The van der Waals surface area contributed by atoms with Gasteiger partial charge in [-0.1, -0.05) is 146 Å². The van der Waals surface area contributed by atoms with Crippen molar-refractivity contribution >= 4 is 50.9 Å². The third-order valence-electron chi connectivity index (χ3n) is 12.9. The van der Waals surface area contributed by atoms with Crippen LogP contribution in [-0.4, -0.2) is 6.04 Å². The van der Waals surface area contributed by atoms with E-state index in [1.54, 1.807) is 0 Å². The minimum Gasteiger partial charge on any atom is -0.333 e. The Morgan fingerprint density at radius 2 is 1.31 bits per heavy atom. The number of benzene rings is 7. The highest BCUT2D eigenvalue weighted by molar-refractivity contribution is 5.95. The van der Waals surface area contributed by atoms with Crippen molar-refractivity contribution in [2.24, 2.45) is 0 Å². The SMILES string of the molecule is C1=CC2c3c(ccc4ccccc34)N(c3ccc(C4=CCCCC4c4ccc(N(c5ccc(-c6ccccc6)cc5)c5ccc6c(c5)C=CCC6)cc4)cc3)C2C=C1. The number of hydrogen-bond donors (Lipinski definition) is 0. The third-order valence-corrected chi connectivity index (χ3v) is 12.9. The van der Waals surface area contributed by atoms with E-state index >= 15 is 0 Å². The van der Waals surface area contributed by atoms with E-state index in [1.165, 1.54) is 84.5 Å². The number of fused-ring (bicyclic) bond motifs is 6. The molecule has 0 N–H and O–H groups in total. The second-order valence-electron chi connectivity index (χ2n) is 16.2. The Hall–Kier alpha value is -6.64. The molecule has 11 rings (SSSR count). The predicted octanol–water partition coefficient (Wildman–Crippen LogP) is 15.0. The molecule has 2 heteroatoms. The van der Waals surface area contributed by atoms with Gasteiger partial charge in [-0.3, -0.25) is 0 Å². The molecule has 0 spiro atoms. The fourth-order valence-electron chi connectivity index (χ4n) is 10.1. The monoisotopic (exact) mass is 746 g/mol. The van der Waals surface area contributed by atoms with E-state index in [0.29, 0.717) is 11.8 Å². The lowest BCUT2D eigenvalue weighted by Gasteiger charge is -2.30. The lowest BCUT2D eigenvalue weighted by molar-refractivity contribution is 0.669. The summed E-state index contributed by atoms with van der Waals surface area (Å²) < 4.78 is 0. The maximum atomic E-state index is 2.56. The fraction of sp³-hybridized carbons (Fsp3) is 0.143. The maximum absolute atomic E-state index is 2.56. The Morgan fingerprint density at radius 3 is 2.16 bits per heavy atom. The minimum atomic E-state index is 0.274. The van der Waals surface area contributed by atoms with Crippen LogP contribution in [0.1, 0.15) is 65.3 Å². The van der Waals surface area contributed by atoms with E-state index in [-0.39, 0.29) is 6.04 Å². The van der Waals surface area contributed by atoms with Crippen molar-refractivity contribution in [3.8, 4) is 11.1 Å². The van der Waals surface area contributed by atoms with Crippen molar-refractivity contribution in [2.45, 2.75) is 50.0 Å². The summed E-state index contributed by atoms with van der Waals surface area (Å²) in [6.45, 7) is 0. The molecule has 0 bridgehead atoms. The van der Waals surface area contributed by atoms with Gasteiger partial charge in [0.2, 0.25) is 0 Å². The number of hydrogen-bond acceptors (Lipinski definition) is 2. The first kappa shape index (κ1) is 34.6. The van der Waals surface area contributed by atoms with E-state index in [1.807, 2.05) is 0 Å². The molecule has 1 heterocycles. The number of nitrogens with zero attached hydrogens (tertiary/aromatic N) is 2. The summed E-state index contributed by atoms with van der Waals surface area (Å²) in [6.07, 6.45) is 22.0. The van der Waals surface area contributed by atoms with Crippen molar-refractivity contribution < 1.29 is 0 Å². The van der Waals surface area contributed by atoms with Gasteiger partial charge in [0.1, 0.15) is 0 Å². The molecule has 3 aliphatic carbocycles. The molecule has 2 nitrogen and oxygen atoms in total. The Bertz CT molecular complexity index is 2750. The van der Waals surface area contributed by atoms with E-state index < -0.39 is 0 Å². The molecular weight excluding hydrogens is 701 g/mol. The molecule has 7 aromatic carbocycles. The van der Waals surface area contributed by atoms with Crippen LogP contribution < -0.4 is 9.80 Å². The van der Waals surface area contributed by atoms with Gasteiger partial charge in [-0.05, 0) is 142 Å².